The molecule has 1 aromatic heterocycles. The smallest absolute Gasteiger partial charge is 0.337 e. The van der Waals surface area contributed by atoms with Crippen molar-refractivity contribution in [3.05, 3.63) is 100 Å². The first kappa shape index (κ1) is 20.9. The molecule has 0 radical (unpaired) electrons. The van der Waals surface area contributed by atoms with Crippen LogP contribution >= 0.6 is 15.9 Å². The molecule has 4 rings (SSSR count). The summed E-state index contributed by atoms with van der Waals surface area (Å²) in [5.41, 5.74) is 4.30. The normalized spacial score (nSPS) is 10.8. The van der Waals surface area contributed by atoms with Gasteiger partial charge in [0.2, 0.25) is 0 Å². The molecule has 7 heteroatoms. The van der Waals surface area contributed by atoms with Crippen molar-refractivity contribution in [1.82, 2.24) is 9.78 Å². The zero-order valence-corrected chi connectivity index (χ0v) is 18.1. The fourth-order valence-corrected chi connectivity index (χ4v) is 4.01. The van der Waals surface area contributed by atoms with Crippen LogP contribution in [-0.4, -0.2) is 22.9 Å². The third kappa shape index (κ3) is 4.41. The summed E-state index contributed by atoms with van der Waals surface area (Å²) in [6, 6.07) is 19.3. The summed E-state index contributed by atoms with van der Waals surface area (Å²) in [6.45, 7) is 0.411. The van der Waals surface area contributed by atoms with Crippen LogP contribution in [-0.2, 0) is 11.3 Å². The zero-order chi connectivity index (χ0) is 22.0. The lowest BCUT2D eigenvalue weighted by molar-refractivity contribution is 0.0600. The van der Waals surface area contributed by atoms with Gasteiger partial charge >= 0.3 is 5.97 Å². The molecular weight excluding hydrogens is 466 g/mol. The van der Waals surface area contributed by atoms with Crippen LogP contribution in [0.2, 0.25) is 0 Å². The van der Waals surface area contributed by atoms with Gasteiger partial charge in [0.15, 0.2) is 0 Å². The van der Waals surface area contributed by atoms with Gasteiger partial charge in [0.25, 0.3) is 0 Å². The van der Waals surface area contributed by atoms with Gasteiger partial charge in [-0.1, -0.05) is 12.1 Å². The Morgan fingerprint density at radius 3 is 2.00 bits per heavy atom. The Bertz CT molecular complexity index is 1220. The highest BCUT2D eigenvalue weighted by Crippen LogP contribution is 2.37. The average Bonchev–Trinajstić information content (AvgIpc) is 3.10. The molecule has 156 valence electrons. The van der Waals surface area contributed by atoms with Crippen molar-refractivity contribution in [2.45, 2.75) is 6.54 Å². The van der Waals surface area contributed by atoms with Gasteiger partial charge in [-0.15, -0.1) is 0 Å². The molecule has 0 bridgehead atoms. The van der Waals surface area contributed by atoms with Crippen molar-refractivity contribution in [3.63, 3.8) is 0 Å². The highest BCUT2D eigenvalue weighted by molar-refractivity contribution is 9.10. The second-order valence-corrected chi connectivity index (χ2v) is 7.66. The van der Waals surface area contributed by atoms with Crippen LogP contribution in [0.1, 0.15) is 15.9 Å². The van der Waals surface area contributed by atoms with Crippen LogP contribution < -0.4 is 0 Å². The molecule has 4 aromatic rings. The first-order valence-corrected chi connectivity index (χ1v) is 10.2. The van der Waals surface area contributed by atoms with E-state index in [1.54, 1.807) is 41.1 Å². The topological polar surface area (TPSA) is 44.1 Å². The molecule has 0 spiro atoms. The molecule has 0 aliphatic heterocycles. The van der Waals surface area contributed by atoms with Gasteiger partial charge in [0.05, 0.1) is 29.4 Å². The zero-order valence-electron chi connectivity index (χ0n) is 16.5. The van der Waals surface area contributed by atoms with Crippen LogP contribution in [0.25, 0.3) is 22.5 Å². The second-order valence-electron chi connectivity index (χ2n) is 6.87. The summed E-state index contributed by atoms with van der Waals surface area (Å²) in [4.78, 5) is 11.7. The monoisotopic (exact) mass is 482 g/mol. The van der Waals surface area contributed by atoms with Crippen molar-refractivity contribution < 1.29 is 18.3 Å². The van der Waals surface area contributed by atoms with Crippen molar-refractivity contribution in [2.24, 2.45) is 0 Å². The summed E-state index contributed by atoms with van der Waals surface area (Å²) in [5, 5.41) is 4.74. The Kier molecular flexibility index (Phi) is 5.95. The number of aromatic nitrogens is 2. The van der Waals surface area contributed by atoms with E-state index < -0.39 is 5.97 Å². The third-order valence-corrected chi connectivity index (χ3v) is 5.59. The van der Waals surface area contributed by atoms with E-state index in [2.05, 4.69) is 15.9 Å². The number of carbonyl (C=O) groups is 1. The lowest BCUT2D eigenvalue weighted by Crippen LogP contribution is -2.05. The van der Waals surface area contributed by atoms with Gasteiger partial charge in [0, 0.05) is 11.1 Å². The molecule has 4 nitrogen and oxygen atoms in total. The van der Waals surface area contributed by atoms with Gasteiger partial charge < -0.3 is 4.74 Å². The highest BCUT2D eigenvalue weighted by Gasteiger charge is 2.19. The first-order valence-electron chi connectivity index (χ1n) is 9.41. The minimum absolute atomic E-state index is 0.330. The number of rotatable bonds is 5. The minimum atomic E-state index is -0.404. The fourth-order valence-electron chi connectivity index (χ4n) is 3.27. The number of hydrogen-bond acceptors (Lipinski definition) is 3. The third-order valence-electron chi connectivity index (χ3n) is 4.84. The van der Waals surface area contributed by atoms with E-state index >= 15 is 0 Å². The molecule has 1 heterocycles. The lowest BCUT2D eigenvalue weighted by Gasteiger charge is -2.09. The predicted octanol–water partition coefficient (Wildman–Crippen LogP) is 6.09. The summed E-state index contributed by atoms with van der Waals surface area (Å²) >= 11 is 3.63. The molecule has 31 heavy (non-hydrogen) atoms. The quantitative estimate of drug-likeness (QED) is 0.323. The van der Waals surface area contributed by atoms with E-state index in [0.717, 1.165) is 26.9 Å². The Hall–Kier alpha value is -3.32. The molecule has 0 amide bonds. The van der Waals surface area contributed by atoms with Gasteiger partial charge in [0.1, 0.15) is 17.3 Å². The van der Waals surface area contributed by atoms with Gasteiger partial charge in [-0.05, 0) is 82.2 Å². The van der Waals surface area contributed by atoms with Crippen LogP contribution in [0.5, 0.6) is 0 Å². The van der Waals surface area contributed by atoms with Gasteiger partial charge in [-0.25, -0.2) is 13.6 Å². The Morgan fingerprint density at radius 1 is 0.903 bits per heavy atom. The van der Waals surface area contributed by atoms with Crippen LogP contribution in [0.4, 0.5) is 8.78 Å². The van der Waals surface area contributed by atoms with Crippen LogP contribution in [0, 0.1) is 11.6 Å². The number of benzene rings is 3. The Balaban J connectivity index is 1.78. The summed E-state index contributed by atoms with van der Waals surface area (Å²) in [7, 11) is 1.34. The molecule has 0 aliphatic rings. The van der Waals surface area contributed by atoms with Crippen molar-refractivity contribution in [3.8, 4) is 22.5 Å². The first-order chi connectivity index (χ1) is 15.0. The van der Waals surface area contributed by atoms with E-state index in [1.165, 1.54) is 31.4 Å². The molecule has 0 saturated heterocycles. The van der Waals surface area contributed by atoms with Crippen molar-refractivity contribution >= 4 is 21.9 Å². The molecule has 0 unspecified atom stereocenters. The number of halogens is 3. The lowest BCUT2D eigenvalue weighted by atomic mass is 10.1. The number of hydrogen-bond donors (Lipinski definition) is 0. The molecule has 3 aromatic carbocycles. The van der Waals surface area contributed by atoms with Crippen molar-refractivity contribution in [1.29, 1.82) is 0 Å². The van der Waals surface area contributed by atoms with Gasteiger partial charge in [-0.2, -0.15) is 5.10 Å². The minimum Gasteiger partial charge on any atom is -0.465 e. The summed E-state index contributed by atoms with van der Waals surface area (Å²) < 4.78 is 34.1. The Morgan fingerprint density at radius 2 is 1.45 bits per heavy atom. The maximum Gasteiger partial charge on any atom is 0.337 e. The molecule has 0 N–H and O–H groups in total. The van der Waals surface area contributed by atoms with E-state index in [4.69, 9.17) is 9.84 Å². The molecule has 0 atom stereocenters. The molecule has 0 aliphatic carbocycles. The van der Waals surface area contributed by atoms with Crippen molar-refractivity contribution in [2.75, 3.05) is 7.11 Å². The maximum absolute atomic E-state index is 13.5. The van der Waals surface area contributed by atoms with Gasteiger partial charge in [-0.3, -0.25) is 4.68 Å². The number of methoxy groups -OCH3 is 1. The maximum atomic E-state index is 13.5. The number of ether oxygens (including phenoxy) is 1. The standard InChI is InChI=1S/C24H17BrF2N2O2/c1-31-24(30)18-4-2-15(3-5-18)14-29-23(17-8-12-20(27)13-9-17)21(25)22(28-29)16-6-10-19(26)11-7-16/h2-13H,14H2,1H3. The Labute approximate surface area is 186 Å². The van der Waals surface area contributed by atoms with Crippen LogP contribution in [0.15, 0.2) is 77.3 Å². The summed E-state index contributed by atoms with van der Waals surface area (Å²) in [5.74, 6) is -1.06. The largest absolute Gasteiger partial charge is 0.465 e. The van der Waals surface area contributed by atoms with E-state index in [1.807, 2.05) is 12.1 Å². The number of carbonyl (C=O) groups excluding carboxylic acids is 1. The predicted molar refractivity (Wildman–Crippen MR) is 118 cm³/mol. The number of esters is 1. The molecular formula is C24H17BrF2N2O2. The SMILES string of the molecule is COC(=O)c1ccc(Cn2nc(-c3ccc(F)cc3)c(Br)c2-c2ccc(F)cc2)cc1. The highest BCUT2D eigenvalue weighted by atomic mass is 79.9. The average molecular weight is 483 g/mol. The summed E-state index contributed by atoms with van der Waals surface area (Å²) in [6.07, 6.45) is 0. The number of nitrogens with zero attached hydrogens (tertiary/aromatic N) is 2. The fraction of sp³-hybridized carbons (Fsp3) is 0.0833. The van der Waals surface area contributed by atoms with E-state index in [0.29, 0.717) is 17.8 Å². The van der Waals surface area contributed by atoms with E-state index in [-0.39, 0.29) is 11.6 Å². The molecule has 0 saturated carbocycles. The molecule has 0 fully saturated rings. The van der Waals surface area contributed by atoms with Crippen LogP contribution in [0.3, 0.4) is 0 Å². The van der Waals surface area contributed by atoms with E-state index in [9.17, 15) is 13.6 Å². The second kappa shape index (κ2) is 8.81.